The molecule has 1 heterocycles. The van der Waals surface area contributed by atoms with Crippen LogP contribution in [0.3, 0.4) is 0 Å². The molecule has 138 valence electrons. The number of hydrogen-bond acceptors (Lipinski definition) is 3. The smallest absolute Gasteiger partial charge is 0.390 e. The van der Waals surface area contributed by atoms with Crippen LogP contribution < -0.4 is 0 Å². The molecule has 0 aliphatic carbocycles. The Balaban J connectivity index is 2.26. The number of nitrogens with zero attached hydrogens (tertiary/aromatic N) is 2. The number of pyridine rings is 1. The van der Waals surface area contributed by atoms with E-state index in [4.69, 9.17) is 5.11 Å². The largest absolute Gasteiger partial charge is 0.478 e. The molecule has 1 amide bonds. The summed E-state index contributed by atoms with van der Waals surface area (Å²) in [5.74, 6) is -1.87. The van der Waals surface area contributed by atoms with Crippen molar-refractivity contribution in [2.24, 2.45) is 0 Å². The number of carboxylic acids is 1. The number of alkyl halides is 3. The fourth-order valence-electron chi connectivity index (χ4n) is 2.39. The minimum absolute atomic E-state index is 0.00281. The molecule has 0 atom stereocenters. The van der Waals surface area contributed by atoms with E-state index in [1.807, 2.05) is 0 Å². The predicted octanol–water partition coefficient (Wildman–Crippen LogP) is 3.68. The molecule has 5 nitrogen and oxygen atoms in total. The summed E-state index contributed by atoms with van der Waals surface area (Å²) >= 11 is 0. The van der Waals surface area contributed by atoms with Gasteiger partial charge in [-0.1, -0.05) is 30.3 Å². The number of benzene rings is 1. The lowest BCUT2D eigenvalue weighted by Gasteiger charge is -2.23. The van der Waals surface area contributed by atoms with E-state index in [9.17, 15) is 22.8 Å². The highest BCUT2D eigenvalue weighted by molar-refractivity contribution is 5.94. The van der Waals surface area contributed by atoms with Crippen molar-refractivity contribution >= 4 is 11.9 Å². The number of carboxylic acid groups (broad SMARTS) is 1. The van der Waals surface area contributed by atoms with Gasteiger partial charge in [0.2, 0.25) is 0 Å². The molecule has 8 heteroatoms. The van der Waals surface area contributed by atoms with E-state index < -0.39 is 31.0 Å². The van der Waals surface area contributed by atoms with Crippen LogP contribution in [0.25, 0.3) is 0 Å². The molecule has 1 aromatic heterocycles. The Morgan fingerprint density at radius 2 is 1.77 bits per heavy atom. The Morgan fingerprint density at radius 3 is 2.31 bits per heavy atom. The maximum absolute atomic E-state index is 12.6. The highest BCUT2D eigenvalue weighted by Crippen LogP contribution is 2.21. The second-order valence-electron chi connectivity index (χ2n) is 5.71. The molecule has 0 fully saturated rings. The van der Waals surface area contributed by atoms with Crippen LogP contribution in [0, 0.1) is 6.92 Å². The number of carbonyl (C=O) groups excluding carboxylic acids is 1. The molecule has 0 saturated heterocycles. The third kappa shape index (κ3) is 5.30. The van der Waals surface area contributed by atoms with Gasteiger partial charge in [0.25, 0.3) is 5.91 Å². The van der Waals surface area contributed by atoms with E-state index in [2.05, 4.69) is 4.98 Å². The van der Waals surface area contributed by atoms with E-state index in [1.165, 1.54) is 19.1 Å². The summed E-state index contributed by atoms with van der Waals surface area (Å²) in [6.45, 7) is 0.910. The zero-order valence-corrected chi connectivity index (χ0v) is 14.0. The van der Waals surface area contributed by atoms with Gasteiger partial charge in [0.15, 0.2) is 0 Å². The van der Waals surface area contributed by atoms with Crippen LogP contribution in [-0.4, -0.2) is 39.6 Å². The number of hydrogen-bond donors (Lipinski definition) is 1. The highest BCUT2D eigenvalue weighted by Gasteiger charge is 2.30. The summed E-state index contributed by atoms with van der Waals surface area (Å²) in [5, 5.41) is 9.01. The number of halogens is 3. The van der Waals surface area contributed by atoms with Crippen molar-refractivity contribution in [3.05, 3.63) is 65.0 Å². The molecule has 0 aliphatic heterocycles. The Hall–Kier alpha value is -2.90. The monoisotopic (exact) mass is 366 g/mol. The van der Waals surface area contributed by atoms with Crippen LogP contribution in [0.5, 0.6) is 0 Å². The molecule has 0 bridgehead atoms. The summed E-state index contributed by atoms with van der Waals surface area (Å²) in [6.07, 6.45) is -5.54. The van der Waals surface area contributed by atoms with E-state index in [0.29, 0.717) is 5.56 Å². The van der Waals surface area contributed by atoms with Crippen molar-refractivity contribution in [1.82, 2.24) is 9.88 Å². The van der Waals surface area contributed by atoms with Gasteiger partial charge in [-0.3, -0.25) is 4.79 Å². The molecule has 26 heavy (non-hydrogen) atoms. The zero-order valence-electron chi connectivity index (χ0n) is 14.0. The number of aromatic nitrogens is 1. The molecule has 2 rings (SSSR count). The number of aryl methyl sites for hydroxylation is 1. The standard InChI is InChI=1S/C18H17F3N2O3/c1-12-14(17(25)26)7-8-15(22-12)16(24)23(10-9-18(19,20)21)11-13-5-3-2-4-6-13/h2-8H,9-11H2,1H3,(H,25,26). The van der Waals surface area contributed by atoms with E-state index >= 15 is 0 Å². The number of amides is 1. The molecule has 1 N–H and O–H groups in total. The SMILES string of the molecule is Cc1nc(C(=O)N(CCC(F)(F)F)Cc2ccccc2)ccc1C(=O)O. The van der Waals surface area contributed by atoms with Gasteiger partial charge in [-0.15, -0.1) is 0 Å². The Labute approximate surface area is 148 Å². The number of rotatable bonds is 6. The summed E-state index contributed by atoms with van der Waals surface area (Å²) in [6, 6.07) is 11.1. The van der Waals surface area contributed by atoms with Gasteiger partial charge in [0.1, 0.15) is 5.69 Å². The molecule has 2 aromatic rings. The third-order valence-corrected chi connectivity index (χ3v) is 3.70. The fourth-order valence-corrected chi connectivity index (χ4v) is 2.39. The van der Waals surface area contributed by atoms with Crippen LogP contribution in [0.15, 0.2) is 42.5 Å². The molecule has 0 aliphatic rings. The number of carbonyl (C=O) groups is 2. The Bertz CT molecular complexity index is 792. The topological polar surface area (TPSA) is 70.5 Å². The van der Waals surface area contributed by atoms with Crippen molar-refractivity contribution in [3.63, 3.8) is 0 Å². The van der Waals surface area contributed by atoms with Gasteiger partial charge >= 0.3 is 12.1 Å². The summed E-state index contributed by atoms with van der Waals surface area (Å²) in [7, 11) is 0. The predicted molar refractivity (Wildman–Crippen MR) is 87.8 cm³/mol. The first kappa shape index (κ1) is 19.4. The average molecular weight is 366 g/mol. The van der Waals surface area contributed by atoms with Gasteiger partial charge in [-0.05, 0) is 24.6 Å². The van der Waals surface area contributed by atoms with Crippen LogP contribution in [0.1, 0.15) is 38.5 Å². The lowest BCUT2D eigenvalue weighted by molar-refractivity contribution is -0.136. The Kier molecular flexibility index (Phi) is 5.97. The maximum Gasteiger partial charge on any atom is 0.390 e. The van der Waals surface area contributed by atoms with Crippen molar-refractivity contribution in [2.45, 2.75) is 26.1 Å². The van der Waals surface area contributed by atoms with Gasteiger partial charge in [0, 0.05) is 13.1 Å². The molecule has 0 radical (unpaired) electrons. The van der Waals surface area contributed by atoms with Crippen LogP contribution in [0.4, 0.5) is 13.2 Å². The average Bonchev–Trinajstić information content (AvgIpc) is 2.57. The highest BCUT2D eigenvalue weighted by atomic mass is 19.4. The van der Waals surface area contributed by atoms with Crippen molar-refractivity contribution in [1.29, 1.82) is 0 Å². The third-order valence-electron chi connectivity index (χ3n) is 3.70. The van der Waals surface area contributed by atoms with Crippen LogP contribution in [-0.2, 0) is 6.54 Å². The summed E-state index contributed by atoms with van der Waals surface area (Å²) in [5.41, 5.74) is 0.651. The van der Waals surface area contributed by atoms with E-state index in [1.54, 1.807) is 30.3 Å². The maximum atomic E-state index is 12.6. The van der Waals surface area contributed by atoms with Crippen molar-refractivity contribution in [3.8, 4) is 0 Å². The molecule has 0 saturated carbocycles. The molecule has 1 aromatic carbocycles. The van der Waals surface area contributed by atoms with Gasteiger partial charge in [-0.25, -0.2) is 9.78 Å². The molecule has 0 spiro atoms. The van der Waals surface area contributed by atoms with E-state index in [-0.39, 0.29) is 23.5 Å². The Morgan fingerprint density at radius 1 is 1.12 bits per heavy atom. The normalized spacial score (nSPS) is 11.2. The van der Waals surface area contributed by atoms with E-state index in [0.717, 1.165) is 4.90 Å². The summed E-state index contributed by atoms with van der Waals surface area (Å²) in [4.78, 5) is 28.7. The quantitative estimate of drug-likeness (QED) is 0.847. The first-order valence-electron chi connectivity index (χ1n) is 7.78. The number of aromatic carboxylic acids is 1. The minimum Gasteiger partial charge on any atom is -0.478 e. The lowest BCUT2D eigenvalue weighted by atomic mass is 10.1. The zero-order chi connectivity index (χ0) is 19.3. The fraction of sp³-hybridized carbons (Fsp3) is 0.278. The second-order valence-corrected chi connectivity index (χ2v) is 5.71. The van der Waals surface area contributed by atoms with Gasteiger partial charge < -0.3 is 10.0 Å². The van der Waals surface area contributed by atoms with Crippen molar-refractivity contribution in [2.75, 3.05) is 6.54 Å². The van der Waals surface area contributed by atoms with Gasteiger partial charge in [-0.2, -0.15) is 13.2 Å². The van der Waals surface area contributed by atoms with Crippen molar-refractivity contribution < 1.29 is 27.9 Å². The molecular formula is C18H17F3N2O3. The summed E-state index contributed by atoms with van der Waals surface area (Å²) < 4.78 is 37.8. The molecular weight excluding hydrogens is 349 g/mol. The van der Waals surface area contributed by atoms with Crippen LogP contribution in [0.2, 0.25) is 0 Å². The molecule has 0 unspecified atom stereocenters. The second kappa shape index (κ2) is 7.99. The minimum atomic E-state index is -4.40. The van der Waals surface area contributed by atoms with Crippen LogP contribution >= 0.6 is 0 Å². The lowest BCUT2D eigenvalue weighted by Crippen LogP contribution is -2.34. The first-order valence-corrected chi connectivity index (χ1v) is 7.78. The first-order chi connectivity index (χ1) is 12.2. The van der Waals surface area contributed by atoms with Gasteiger partial charge in [0.05, 0.1) is 17.7 Å².